The number of rotatable bonds is 5. The second kappa shape index (κ2) is 6.70. The number of nitrogens with zero attached hydrogens (tertiary/aromatic N) is 4. The van der Waals surface area contributed by atoms with Crippen LogP contribution in [0.4, 0.5) is 0 Å². The van der Waals surface area contributed by atoms with Gasteiger partial charge in [-0.15, -0.1) is 0 Å². The molecule has 1 aliphatic heterocycles. The maximum atomic E-state index is 12.3. The SMILES string of the molecule is CS(=O)(=O)N1CCC[C@H]1C(=O)NCc1ccnc(-n2cccn2)c1. The number of nitrogens with one attached hydrogen (secondary N) is 1. The van der Waals surface area contributed by atoms with Gasteiger partial charge in [-0.05, 0) is 36.6 Å². The Kier molecular flexibility index (Phi) is 4.63. The fraction of sp³-hybridized carbons (Fsp3) is 0.400. The maximum Gasteiger partial charge on any atom is 0.238 e. The van der Waals surface area contributed by atoms with E-state index in [-0.39, 0.29) is 5.91 Å². The molecule has 0 aromatic carbocycles. The molecule has 24 heavy (non-hydrogen) atoms. The summed E-state index contributed by atoms with van der Waals surface area (Å²) in [6.07, 6.45) is 7.48. The maximum absolute atomic E-state index is 12.3. The first-order valence-electron chi connectivity index (χ1n) is 7.64. The lowest BCUT2D eigenvalue weighted by Crippen LogP contribution is -2.45. The van der Waals surface area contributed by atoms with Crippen LogP contribution in [0.5, 0.6) is 0 Å². The van der Waals surface area contributed by atoms with Gasteiger partial charge in [-0.1, -0.05) is 0 Å². The summed E-state index contributed by atoms with van der Waals surface area (Å²) in [5.41, 5.74) is 0.868. The Hall–Kier alpha value is -2.26. The van der Waals surface area contributed by atoms with E-state index in [2.05, 4.69) is 15.4 Å². The first kappa shape index (κ1) is 16.6. The lowest BCUT2D eigenvalue weighted by Gasteiger charge is -2.21. The van der Waals surface area contributed by atoms with Gasteiger partial charge in [-0.25, -0.2) is 18.1 Å². The molecule has 8 nitrogen and oxygen atoms in total. The minimum atomic E-state index is -3.37. The molecule has 0 spiro atoms. The van der Waals surface area contributed by atoms with E-state index >= 15 is 0 Å². The Morgan fingerprint density at radius 1 is 1.42 bits per heavy atom. The summed E-state index contributed by atoms with van der Waals surface area (Å²) in [6, 6.07) is 4.81. The summed E-state index contributed by atoms with van der Waals surface area (Å²) >= 11 is 0. The summed E-state index contributed by atoms with van der Waals surface area (Å²) in [6.45, 7) is 0.708. The van der Waals surface area contributed by atoms with Crippen LogP contribution in [-0.2, 0) is 21.4 Å². The summed E-state index contributed by atoms with van der Waals surface area (Å²) in [5.74, 6) is 0.390. The van der Waals surface area contributed by atoms with Crippen LogP contribution < -0.4 is 5.32 Å². The van der Waals surface area contributed by atoms with Gasteiger partial charge in [0.05, 0.1) is 6.26 Å². The van der Waals surface area contributed by atoms with E-state index in [1.165, 1.54) is 4.31 Å². The van der Waals surface area contributed by atoms with Crippen molar-refractivity contribution >= 4 is 15.9 Å². The Bertz CT molecular complexity index is 819. The second-order valence-corrected chi connectivity index (χ2v) is 7.66. The van der Waals surface area contributed by atoms with Gasteiger partial charge in [0.25, 0.3) is 0 Å². The third-order valence-electron chi connectivity index (χ3n) is 3.95. The molecule has 0 unspecified atom stereocenters. The Morgan fingerprint density at radius 2 is 2.25 bits per heavy atom. The number of hydrogen-bond donors (Lipinski definition) is 1. The standard InChI is InChI=1S/C15H19N5O3S/c1-24(22,23)20-9-2-4-13(20)15(21)17-11-12-5-7-16-14(10-12)19-8-3-6-18-19/h3,5-8,10,13H,2,4,9,11H2,1H3,(H,17,21)/t13-/m0/s1. The Balaban J connectivity index is 1.66. The normalized spacial score (nSPS) is 18.6. The highest BCUT2D eigenvalue weighted by Crippen LogP contribution is 2.20. The van der Waals surface area contributed by atoms with Gasteiger partial charge in [0, 0.05) is 31.7 Å². The molecule has 0 radical (unpaired) electrons. The van der Waals surface area contributed by atoms with E-state index in [9.17, 15) is 13.2 Å². The Morgan fingerprint density at radius 3 is 2.96 bits per heavy atom. The van der Waals surface area contributed by atoms with Crippen molar-refractivity contribution in [2.24, 2.45) is 0 Å². The van der Waals surface area contributed by atoms with Crippen molar-refractivity contribution in [3.8, 4) is 5.82 Å². The number of aromatic nitrogens is 3. The molecule has 2 aromatic heterocycles. The zero-order valence-corrected chi connectivity index (χ0v) is 14.1. The van der Waals surface area contributed by atoms with Crippen LogP contribution in [0.25, 0.3) is 5.82 Å². The van der Waals surface area contributed by atoms with E-state index in [1.807, 2.05) is 6.07 Å². The molecule has 1 fully saturated rings. The zero-order chi connectivity index (χ0) is 17.2. The van der Waals surface area contributed by atoms with E-state index < -0.39 is 16.1 Å². The van der Waals surface area contributed by atoms with Crippen molar-refractivity contribution in [3.63, 3.8) is 0 Å². The first-order valence-corrected chi connectivity index (χ1v) is 9.49. The fourth-order valence-electron chi connectivity index (χ4n) is 2.81. The molecule has 9 heteroatoms. The van der Waals surface area contributed by atoms with E-state index in [0.29, 0.717) is 31.7 Å². The number of hydrogen-bond acceptors (Lipinski definition) is 5. The molecular weight excluding hydrogens is 330 g/mol. The van der Waals surface area contributed by atoms with Crippen molar-refractivity contribution in [2.45, 2.75) is 25.4 Å². The zero-order valence-electron chi connectivity index (χ0n) is 13.3. The van der Waals surface area contributed by atoms with Crippen molar-refractivity contribution < 1.29 is 13.2 Å². The van der Waals surface area contributed by atoms with Crippen LogP contribution in [0.2, 0.25) is 0 Å². The van der Waals surface area contributed by atoms with E-state index in [4.69, 9.17) is 0 Å². The van der Waals surface area contributed by atoms with Gasteiger partial charge in [0.15, 0.2) is 5.82 Å². The number of amides is 1. The molecule has 0 saturated carbocycles. The topological polar surface area (TPSA) is 97.2 Å². The average molecular weight is 349 g/mol. The third-order valence-corrected chi connectivity index (χ3v) is 5.24. The van der Waals surface area contributed by atoms with Gasteiger partial charge in [-0.3, -0.25) is 4.79 Å². The second-order valence-electron chi connectivity index (χ2n) is 5.72. The van der Waals surface area contributed by atoms with Gasteiger partial charge in [0.1, 0.15) is 6.04 Å². The van der Waals surface area contributed by atoms with Crippen LogP contribution in [-0.4, -0.2) is 52.2 Å². The highest BCUT2D eigenvalue weighted by Gasteiger charge is 2.36. The molecule has 1 atom stereocenters. The minimum absolute atomic E-state index is 0.268. The predicted octanol–water partition coefficient (Wildman–Crippen LogP) is 0.308. The molecule has 2 aromatic rings. The molecule has 0 bridgehead atoms. The number of carbonyl (C=O) groups excluding carboxylic acids is 1. The Labute approximate surface area is 140 Å². The quantitative estimate of drug-likeness (QED) is 0.838. The van der Waals surface area contributed by atoms with Crippen LogP contribution in [0.15, 0.2) is 36.8 Å². The molecule has 1 aliphatic rings. The lowest BCUT2D eigenvalue weighted by molar-refractivity contribution is -0.124. The number of sulfonamides is 1. The summed E-state index contributed by atoms with van der Waals surface area (Å²) < 4.78 is 26.4. The summed E-state index contributed by atoms with van der Waals surface area (Å²) in [4.78, 5) is 16.6. The monoisotopic (exact) mass is 349 g/mol. The summed E-state index contributed by atoms with van der Waals surface area (Å²) in [7, 11) is -3.37. The van der Waals surface area contributed by atoms with E-state index in [1.54, 1.807) is 35.4 Å². The average Bonchev–Trinajstić information content (AvgIpc) is 3.23. The number of pyridine rings is 1. The van der Waals surface area contributed by atoms with Crippen molar-refractivity contribution in [1.29, 1.82) is 0 Å². The third kappa shape index (κ3) is 3.62. The molecule has 3 rings (SSSR count). The fourth-order valence-corrected chi connectivity index (χ4v) is 3.93. The largest absolute Gasteiger partial charge is 0.351 e. The van der Waals surface area contributed by atoms with Gasteiger partial charge < -0.3 is 5.32 Å². The lowest BCUT2D eigenvalue weighted by atomic mass is 10.2. The molecule has 0 aliphatic carbocycles. The van der Waals surface area contributed by atoms with Crippen LogP contribution >= 0.6 is 0 Å². The van der Waals surface area contributed by atoms with Gasteiger partial charge >= 0.3 is 0 Å². The van der Waals surface area contributed by atoms with Crippen LogP contribution in [0, 0.1) is 0 Å². The molecule has 1 amide bonds. The smallest absolute Gasteiger partial charge is 0.238 e. The predicted molar refractivity (Wildman–Crippen MR) is 87.8 cm³/mol. The first-order chi connectivity index (χ1) is 11.4. The minimum Gasteiger partial charge on any atom is -0.351 e. The van der Waals surface area contributed by atoms with Crippen molar-refractivity contribution in [1.82, 2.24) is 24.4 Å². The van der Waals surface area contributed by atoms with Crippen LogP contribution in [0.1, 0.15) is 18.4 Å². The van der Waals surface area contributed by atoms with Crippen LogP contribution in [0.3, 0.4) is 0 Å². The highest BCUT2D eigenvalue weighted by molar-refractivity contribution is 7.88. The molecule has 1 saturated heterocycles. The number of carbonyl (C=O) groups is 1. The molecular formula is C15H19N5O3S. The summed E-state index contributed by atoms with van der Waals surface area (Å²) in [5, 5.41) is 6.93. The van der Waals surface area contributed by atoms with E-state index in [0.717, 1.165) is 11.8 Å². The van der Waals surface area contributed by atoms with Gasteiger partial charge in [0.2, 0.25) is 15.9 Å². The highest BCUT2D eigenvalue weighted by atomic mass is 32.2. The molecule has 3 heterocycles. The van der Waals surface area contributed by atoms with Crippen molar-refractivity contribution in [3.05, 3.63) is 42.4 Å². The van der Waals surface area contributed by atoms with Gasteiger partial charge in [-0.2, -0.15) is 9.40 Å². The van der Waals surface area contributed by atoms with Crippen molar-refractivity contribution in [2.75, 3.05) is 12.8 Å². The molecule has 128 valence electrons. The molecule has 1 N–H and O–H groups in total.